The molecule has 2 rings (SSSR count). The summed E-state index contributed by atoms with van der Waals surface area (Å²) in [4.78, 5) is 14.7. The molecular formula is C19H28Cl2N4O. The van der Waals surface area contributed by atoms with Gasteiger partial charge in [0.25, 0.3) is 5.91 Å². The topological polar surface area (TPSA) is 64.2 Å². The predicted molar refractivity (Wildman–Crippen MR) is 110 cm³/mol. The van der Waals surface area contributed by atoms with E-state index >= 15 is 0 Å². The fraction of sp³-hybridized carbons (Fsp3) is 0.474. The zero-order valence-electron chi connectivity index (χ0n) is 16.0. The lowest BCUT2D eigenvalue weighted by atomic mass is 9.93. The smallest absolute Gasteiger partial charge is 0.257 e. The molecule has 0 aliphatic carbocycles. The first kappa shape index (κ1) is 22.5. The molecule has 26 heavy (non-hydrogen) atoms. The van der Waals surface area contributed by atoms with Gasteiger partial charge in [0.15, 0.2) is 0 Å². The molecule has 5 nitrogen and oxygen atoms in total. The largest absolute Gasteiger partial charge is 0.341 e. The predicted octanol–water partition coefficient (Wildman–Crippen LogP) is 4.13. The van der Waals surface area contributed by atoms with Crippen molar-refractivity contribution >= 4 is 29.9 Å². The minimum absolute atomic E-state index is 0. The molecule has 0 aliphatic rings. The molecule has 144 valence electrons. The van der Waals surface area contributed by atoms with Crippen LogP contribution in [0.25, 0.3) is 5.69 Å². The summed E-state index contributed by atoms with van der Waals surface area (Å²) in [5, 5.41) is 5.09. The highest BCUT2D eigenvalue weighted by molar-refractivity contribution is 6.30. The van der Waals surface area contributed by atoms with Crippen LogP contribution in [-0.2, 0) is 0 Å². The summed E-state index contributed by atoms with van der Waals surface area (Å²) in [7, 11) is 1.81. The van der Waals surface area contributed by atoms with Gasteiger partial charge in [-0.1, -0.05) is 45.4 Å². The van der Waals surface area contributed by atoms with Gasteiger partial charge < -0.3 is 10.6 Å². The lowest BCUT2D eigenvalue weighted by Crippen LogP contribution is -2.40. The van der Waals surface area contributed by atoms with Gasteiger partial charge in [-0.05, 0) is 36.1 Å². The van der Waals surface area contributed by atoms with Gasteiger partial charge in [0.05, 0.1) is 23.1 Å². The Bertz CT molecular complexity index is 756. The first-order valence-corrected chi connectivity index (χ1v) is 8.83. The fourth-order valence-corrected chi connectivity index (χ4v) is 3.06. The first-order valence-electron chi connectivity index (χ1n) is 8.45. The molecule has 7 heteroatoms. The van der Waals surface area contributed by atoms with Crippen molar-refractivity contribution in [2.45, 2.75) is 33.6 Å². The average molecular weight is 399 g/mol. The molecule has 0 bridgehead atoms. The number of nitrogens with zero attached hydrogens (tertiary/aromatic N) is 3. The van der Waals surface area contributed by atoms with Crippen LogP contribution in [0.4, 0.5) is 0 Å². The van der Waals surface area contributed by atoms with Gasteiger partial charge >= 0.3 is 0 Å². The third-order valence-corrected chi connectivity index (χ3v) is 4.44. The first-order chi connectivity index (χ1) is 11.7. The molecule has 2 N–H and O–H groups in total. The standard InChI is InChI=1S/C19H27ClN4O.ClH/c1-13(2)17-16(18(25)23(5)12-19(3,4)11-21)10-22-24(17)15-8-6-7-14(20)9-15;/h6-10,13H,11-12,21H2,1-5H3;1H. The maximum atomic E-state index is 13.0. The highest BCUT2D eigenvalue weighted by atomic mass is 35.5. The number of halogens is 2. The number of benzene rings is 1. The molecule has 0 saturated carbocycles. The lowest BCUT2D eigenvalue weighted by Gasteiger charge is -2.29. The minimum atomic E-state index is -0.134. The molecule has 1 amide bonds. The van der Waals surface area contributed by atoms with Crippen LogP contribution < -0.4 is 5.73 Å². The molecule has 0 fully saturated rings. The third kappa shape index (κ3) is 5.00. The van der Waals surface area contributed by atoms with Gasteiger partial charge in [0, 0.05) is 18.6 Å². The Morgan fingerprint density at radius 3 is 2.58 bits per heavy atom. The highest BCUT2D eigenvalue weighted by Gasteiger charge is 2.26. The molecule has 2 aromatic rings. The number of amides is 1. The molecule has 0 aliphatic heterocycles. The lowest BCUT2D eigenvalue weighted by molar-refractivity contribution is 0.0739. The average Bonchev–Trinajstić information content (AvgIpc) is 2.98. The van der Waals surface area contributed by atoms with E-state index in [0.717, 1.165) is 11.4 Å². The Kier molecular flexibility index (Phi) is 7.69. The van der Waals surface area contributed by atoms with Gasteiger partial charge in [-0.25, -0.2) is 4.68 Å². The van der Waals surface area contributed by atoms with Crippen molar-refractivity contribution < 1.29 is 4.79 Å². The van der Waals surface area contributed by atoms with Crippen molar-refractivity contribution in [2.75, 3.05) is 20.1 Å². The van der Waals surface area contributed by atoms with Crippen molar-refractivity contribution in [3.05, 3.63) is 46.7 Å². The van der Waals surface area contributed by atoms with E-state index in [2.05, 4.69) is 32.8 Å². The minimum Gasteiger partial charge on any atom is -0.341 e. The summed E-state index contributed by atoms with van der Waals surface area (Å²) in [6.07, 6.45) is 1.64. The van der Waals surface area contributed by atoms with Crippen LogP contribution in [0.15, 0.2) is 30.5 Å². The van der Waals surface area contributed by atoms with Crippen LogP contribution in [0.3, 0.4) is 0 Å². The second-order valence-corrected chi connectivity index (χ2v) is 7.96. The van der Waals surface area contributed by atoms with E-state index in [9.17, 15) is 4.79 Å². The zero-order chi connectivity index (χ0) is 18.8. The van der Waals surface area contributed by atoms with E-state index in [4.69, 9.17) is 17.3 Å². The summed E-state index contributed by atoms with van der Waals surface area (Å²) in [5.74, 6) is 0.0925. The van der Waals surface area contributed by atoms with E-state index in [1.165, 1.54) is 0 Å². The summed E-state index contributed by atoms with van der Waals surface area (Å²) >= 11 is 6.11. The number of rotatable bonds is 6. The molecule has 1 aromatic heterocycles. The Balaban J connectivity index is 0.00000338. The summed E-state index contributed by atoms with van der Waals surface area (Å²) < 4.78 is 1.80. The van der Waals surface area contributed by atoms with E-state index < -0.39 is 0 Å². The molecule has 0 unspecified atom stereocenters. The summed E-state index contributed by atoms with van der Waals surface area (Å²) in [6, 6.07) is 7.47. The molecule has 1 aromatic carbocycles. The molecule has 1 heterocycles. The van der Waals surface area contributed by atoms with Gasteiger partial charge in [-0.3, -0.25) is 4.79 Å². The molecule has 0 radical (unpaired) electrons. The zero-order valence-corrected chi connectivity index (χ0v) is 17.6. The van der Waals surface area contributed by atoms with Crippen molar-refractivity contribution in [3.63, 3.8) is 0 Å². The van der Waals surface area contributed by atoms with Crippen LogP contribution in [0.1, 0.15) is 49.7 Å². The molecular weight excluding hydrogens is 371 g/mol. The molecule has 0 saturated heterocycles. The number of carbonyl (C=O) groups is 1. The van der Waals surface area contributed by atoms with E-state index in [1.807, 2.05) is 24.3 Å². The quantitative estimate of drug-likeness (QED) is 0.795. The van der Waals surface area contributed by atoms with Crippen molar-refractivity contribution in [1.29, 1.82) is 0 Å². The molecule has 0 spiro atoms. The van der Waals surface area contributed by atoms with E-state index in [1.54, 1.807) is 22.8 Å². The number of hydrogen-bond donors (Lipinski definition) is 1. The van der Waals surface area contributed by atoms with Crippen LogP contribution in [0.5, 0.6) is 0 Å². The van der Waals surface area contributed by atoms with Crippen molar-refractivity contribution in [3.8, 4) is 5.69 Å². The Morgan fingerprint density at radius 1 is 1.38 bits per heavy atom. The second kappa shape index (κ2) is 8.89. The van der Waals surface area contributed by atoms with Crippen LogP contribution >= 0.6 is 24.0 Å². The maximum Gasteiger partial charge on any atom is 0.257 e. The number of nitrogens with two attached hydrogens (primary N) is 1. The monoisotopic (exact) mass is 398 g/mol. The Morgan fingerprint density at radius 2 is 2.04 bits per heavy atom. The number of aromatic nitrogens is 2. The highest BCUT2D eigenvalue weighted by Crippen LogP contribution is 2.26. The van der Waals surface area contributed by atoms with Gasteiger partial charge in [0.1, 0.15) is 0 Å². The van der Waals surface area contributed by atoms with E-state index in [0.29, 0.717) is 23.7 Å². The Labute approximate surface area is 166 Å². The normalized spacial score (nSPS) is 11.4. The maximum absolute atomic E-state index is 13.0. The van der Waals surface area contributed by atoms with Crippen LogP contribution in [0.2, 0.25) is 5.02 Å². The van der Waals surface area contributed by atoms with Gasteiger partial charge in [-0.15, -0.1) is 12.4 Å². The van der Waals surface area contributed by atoms with Crippen LogP contribution in [-0.4, -0.2) is 40.7 Å². The summed E-state index contributed by atoms with van der Waals surface area (Å²) in [6.45, 7) is 9.31. The van der Waals surface area contributed by atoms with Crippen molar-refractivity contribution in [2.24, 2.45) is 11.1 Å². The summed E-state index contributed by atoms with van der Waals surface area (Å²) in [5.41, 5.74) is 8.01. The fourth-order valence-electron chi connectivity index (χ4n) is 2.88. The second-order valence-electron chi connectivity index (χ2n) is 7.52. The molecule has 0 atom stereocenters. The number of hydrogen-bond acceptors (Lipinski definition) is 3. The SMILES string of the molecule is CC(C)c1c(C(=O)N(C)CC(C)(C)CN)cnn1-c1cccc(Cl)c1.Cl. The van der Waals surface area contributed by atoms with Gasteiger partial charge in [-0.2, -0.15) is 5.10 Å². The van der Waals surface area contributed by atoms with Crippen LogP contribution in [0, 0.1) is 5.41 Å². The van der Waals surface area contributed by atoms with Crippen molar-refractivity contribution in [1.82, 2.24) is 14.7 Å². The van der Waals surface area contributed by atoms with Gasteiger partial charge in [0.2, 0.25) is 0 Å². The van der Waals surface area contributed by atoms with E-state index in [-0.39, 0.29) is 29.6 Å². The Hall–Kier alpha value is -1.56. The third-order valence-electron chi connectivity index (χ3n) is 4.20. The number of carbonyl (C=O) groups excluding carboxylic acids is 1.